The number of nitrogens with zero attached hydrogens (tertiary/aromatic N) is 5. The van der Waals surface area contributed by atoms with Gasteiger partial charge in [0.1, 0.15) is 5.82 Å². The minimum Gasteiger partial charge on any atom is -0.387 e. The predicted molar refractivity (Wildman–Crippen MR) is 96.6 cm³/mol. The average Bonchev–Trinajstić information content (AvgIpc) is 3.01. The van der Waals surface area contributed by atoms with Crippen LogP contribution in [0.25, 0.3) is 5.65 Å². The molecular formula is C19H23N5O. The molecule has 1 N–H and O–H groups in total. The van der Waals surface area contributed by atoms with E-state index in [1.165, 1.54) is 0 Å². The highest BCUT2D eigenvalue weighted by Gasteiger charge is 2.28. The van der Waals surface area contributed by atoms with Gasteiger partial charge in [-0.3, -0.25) is 4.98 Å². The Hall–Kier alpha value is -2.47. The van der Waals surface area contributed by atoms with E-state index in [0.717, 1.165) is 54.5 Å². The Balaban J connectivity index is 1.53. The molecule has 0 aromatic carbocycles. The van der Waals surface area contributed by atoms with E-state index in [-0.39, 0.29) is 5.92 Å². The zero-order valence-electron chi connectivity index (χ0n) is 14.6. The van der Waals surface area contributed by atoms with Gasteiger partial charge in [-0.2, -0.15) is 9.61 Å². The molecule has 3 aromatic heterocycles. The van der Waals surface area contributed by atoms with Crippen LogP contribution in [0.3, 0.4) is 0 Å². The van der Waals surface area contributed by atoms with E-state index < -0.39 is 6.10 Å². The van der Waals surface area contributed by atoms with Crippen LogP contribution in [-0.2, 0) is 0 Å². The highest BCUT2D eigenvalue weighted by molar-refractivity contribution is 5.52. The summed E-state index contributed by atoms with van der Waals surface area (Å²) in [4.78, 5) is 11.2. The summed E-state index contributed by atoms with van der Waals surface area (Å²) in [5, 5.41) is 15.2. The first-order valence-corrected chi connectivity index (χ1v) is 8.80. The summed E-state index contributed by atoms with van der Waals surface area (Å²) >= 11 is 0. The van der Waals surface area contributed by atoms with Crippen LogP contribution >= 0.6 is 0 Å². The summed E-state index contributed by atoms with van der Waals surface area (Å²) in [5.74, 6) is 1.32. The summed E-state index contributed by atoms with van der Waals surface area (Å²) in [7, 11) is 0. The topological polar surface area (TPSA) is 66.5 Å². The van der Waals surface area contributed by atoms with Gasteiger partial charge in [0.15, 0.2) is 5.65 Å². The van der Waals surface area contributed by atoms with Crippen molar-refractivity contribution < 1.29 is 5.11 Å². The molecule has 1 aliphatic rings. The molecule has 6 nitrogen and oxygen atoms in total. The van der Waals surface area contributed by atoms with Gasteiger partial charge in [0, 0.05) is 37.1 Å². The molecule has 0 spiro atoms. The fraction of sp³-hybridized carbons (Fsp3) is 0.421. The second kappa shape index (κ2) is 6.44. The lowest BCUT2D eigenvalue weighted by Gasteiger charge is -2.35. The van der Waals surface area contributed by atoms with E-state index in [9.17, 15) is 5.11 Å². The highest BCUT2D eigenvalue weighted by Crippen LogP contribution is 2.31. The van der Waals surface area contributed by atoms with Crippen LogP contribution in [0.5, 0.6) is 0 Å². The first kappa shape index (κ1) is 16.0. The SMILES string of the molecule is Cc1cc(N2CCC([C@H](O)c3ccccn3)CC2)n2nc(C)cc2n1. The smallest absolute Gasteiger partial charge is 0.157 e. The molecule has 1 saturated heterocycles. The first-order valence-electron chi connectivity index (χ1n) is 8.80. The molecule has 0 radical (unpaired) electrons. The Morgan fingerprint density at radius 1 is 1.12 bits per heavy atom. The number of pyridine rings is 1. The van der Waals surface area contributed by atoms with Crippen LogP contribution in [0.1, 0.15) is 36.0 Å². The Morgan fingerprint density at radius 3 is 2.64 bits per heavy atom. The van der Waals surface area contributed by atoms with Gasteiger partial charge < -0.3 is 10.0 Å². The van der Waals surface area contributed by atoms with Crippen molar-refractivity contribution >= 4 is 11.5 Å². The normalized spacial score (nSPS) is 17.2. The second-order valence-electron chi connectivity index (χ2n) is 6.84. The average molecular weight is 337 g/mol. The zero-order chi connectivity index (χ0) is 17.4. The molecular weight excluding hydrogens is 314 g/mol. The van der Waals surface area contributed by atoms with Gasteiger partial charge >= 0.3 is 0 Å². The number of fused-ring (bicyclic) bond motifs is 1. The third-order valence-electron chi connectivity index (χ3n) is 4.96. The van der Waals surface area contributed by atoms with Gasteiger partial charge in [-0.1, -0.05) is 6.07 Å². The number of aryl methyl sites for hydroxylation is 2. The van der Waals surface area contributed by atoms with E-state index in [1.54, 1.807) is 6.20 Å². The maximum atomic E-state index is 10.6. The van der Waals surface area contributed by atoms with Crippen molar-refractivity contribution in [3.63, 3.8) is 0 Å². The number of aromatic nitrogens is 4. The van der Waals surface area contributed by atoms with Crippen molar-refractivity contribution in [1.29, 1.82) is 0 Å². The Labute approximate surface area is 147 Å². The van der Waals surface area contributed by atoms with Crippen LogP contribution in [0.2, 0.25) is 0 Å². The molecule has 1 fully saturated rings. The van der Waals surface area contributed by atoms with Gasteiger partial charge in [-0.25, -0.2) is 4.98 Å². The molecule has 0 aliphatic carbocycles. The molecule has 25 heavy (non-hydrogen) atoms. The van der Waals surface area contributed by atoms with Crippen molar-refractivity contribution in [2.45, 2.75) is 32.8 Å². The van der Waals surface area contributed by atoms with Crippen molar-refractivity contribution in [3.05, 3.63) is 53.6 Å². The minimum atomic E-state index is -0.491. The minimum absolute atomic E-state index is 0.240. The van der Waals surface area contributed by atoms with E-state index in [4.69, 9.17) is 0 Å². The van der Waals surface area contributed by atoms with Crippen molar-refractivity contribution in [3.8, 4) is 0 Å². The molecule has 1 atom stereocenters. The number of piperidine rings is 1. The molecule has 4 heterocycles. The summed E-state index contributed by atoms with van der Waals surface area (Å²) in [6, 6.07) is 9.81. The lowest BCUT2D eigenvalue weighted by Crippen LogP contribution is -2.37. The first-order chi connectivity index (χ1) is 12.1. The van der Waals surface area contributed by atoms with Crippen LogP contribution in [-0.4, -0.2) is 37.8 Å². The van der Waals surface area contributed by atoms with Crippen LogP contribution < -0.4 is 4.90 Å². The summed E-state index contributed by atoms with van der Waals surface area (Å²) in [6.45, 7) is 5.80. The third-order valence-corrected chi connectivity index (χ3v) is 4.96. The van der Waals surface area contributed by atoms with E-state index in [1.807, 2.05) is 42.6 Å². The molecule has 0 amide bonds. The lowest BCUT2D eigenvalue weighted by atomic mass is 9.89. The molecule has 0 unspecified atom stereocenters. The quantitative estimate of drug-likeness (QED) is 0.796. The van der Waals surface area contributed by atoms with Gasteiger partial charge in [0.05, 0.1) is 17.5 Å². The van der Waals surface area contributed by atoms with E-state index in [2.05, 4.69) is 26.0 Å². The standard InChI is InChI=1S/C19H23N5O/c1-13-12-18(24-17(21-13)11-14(2)22-24)23-9-6-15(7-10-23)19(25)16-5-3-4-8-20-16/h3-5,8,11-12,15,19,25H,6-7,9-10H2,1-2H3/t19-/m0/s1. The Morgan fingerprint density at radius 2 is 1.92 bits per heavy atom. The number of anilines is 1. The maximum Gasteiger partial charge on any atom is 0.157 e. The van der Waals surface area contributed by atoms with Gasteiger partial charge in [-0.15, -0.1) is 0 Å². The summed E-state index contributed by atoms with van der Waals surface area (Å²) in [6.07, 6.45) is 3.11. The van der Waals surface area contributed by atoms with Gasteiger partial charge in [0.2, 0.25) is 0 Å². The monoisotopic (exact) mass is 337 g/mol. The van der Waals surface area contributed by atoms with E-state index in [0.29, 0.717) is 0 Å². The highest BCUT2D eigenvalue weighted by atomic mass is 16.3. The van der Waals surface area contributed by atoms with Crippen molar-refractivity contribution in [2.24, 2.45) is 5.92 Å². The molecule has 1 aliphatic heterocycles. The molecule has 0 bridgehead atoms. The second-order valence-corrected chi connectivity index (χ2v) is 6.84. The van der Waals surface area contributed by atoms with Gasteiger partial charge in [0.25, 0.3) is 0 Å². The fourth-order valence-corrected chi connectivity index (χ4v) is 3.66. The number of hydrogen-bond donors (Lipinski definition) is 1. The third kappa shape index (κ3) is 3.09. The zero-order valence-corrected chi connectivity index (χ0v) is 14.6. The Kier molecular flexibility index (Phi) is 4.13. The predicted octanol–water partition coefficient (Wildman–Crippen LogP) is 2.69. The number of hydrogen-bond acceptors (Lipinski definition) is 5. The van der Waals surface area contributed by atoms with E-state index >= 15 is 0 Å². The van der Waals surface area contributed by atoms with Crippen molar-refractivity contribution in [2.75, 3.05) is 18.0 Å². The molecule has 0 saturated carbocycles. The largest absolute Gasteiger partial charge is 0.387 e. The lowest BCUT2D eigenvalue weighted by molar-refractivity contribution is 0.0890. The van der Waals surface area contributed by atoms with Crippen LogP contribution in [0, 0.1) is 19.8 Å². The number of rotatable bonds is 3. The number of aliphatic hydroxyl groups is 1. The molecule has 3 aromatic rings. The number of aliphatic hydroxyl groups excluding tert-OH is 1. The maximum absolute atomic E-state index is 10.6. The molecule has 6 heteroatoms. The van der Waals surface area contributed by atoms with Crippen LogP contribution in [0.15, 0.2) is 36.5 Å². The van der Waals surface area contributed by atoms with Gasteiger partial charge in [-0.05, 0) is 44.7 Å². The summed E-state index contributed by atoms with van der Waals surface area (Å²) in [5.41, 5.74) is 3.63. The summed E-state index contributed by atoms with van der Waals surface area (Å²) < 4.78 is 1.93. The molecule has 130 valence electrons. The Bertz CT molecular complexity index is 868. The fourth-order valence-electron chi connectivity index (χ4n) is 3.66. The molecule has 4 rings (SSSR count). The van der Waals surface area contributed by atoms with Crippen molar-refractivity contribution in [1.82, 2.24) is 19.6 Å². The van der Waals surface area contributed by atoms with Crippen LogP contribution in [0.4, 0.5) is 5.82 Å².